The Morgan fingerprint density at radius 2 is 1.54 bits per heavy atom. The topological polar surface area (TPSA) is 35.6 Å². The van der Waals surface area contributed by atoms with E-state index in [1.165, 1.54) is 42.7 Å². The van der Waals surface area contributed by atoms with Gasteiger partial charge >= 0.3 is 0 Å². The molecular weight excluding hydrogens is 346 g/mol. The first-order valence-electron chi connectivity index (χ1n) is 10.7. The highest BCUT2D eigenvalue weighted by atomic mass is 16.1. The molecule has 2 aliphatic rings. The zero-order chi connectivity index (χ0) is 19.2. The van der Waals surface area contributed by atoms with Crippen molar-refractivity contribution < 1.29 is 4.79 Å². The lowest BCUT2D eigenvalue weighted by Crippen LogP contribution is -2.40. The van der Waals surface area contributed by atoms with Gasteiger partial charge in [0.1, 0.15) is 0 Å². The summed E-state index contributed by atoms with van der Waals surface area (Å²) in [5, 5.41) is 3.15. The third-order valence-electron chi connectivity index (χ3n) is 6.08. The maximum Gasteiger partial charge on any atom is 0.223 e. The van der Waals surface area contributed by atoms with Gasteiger partial charge in [0.15, 0.2) is 0 Å². The quantitative estimate of drug-likeness (QED) is 0.831. The Bertz CT molecular complexity index is 745. The lowest BCUT2D eigenvalue weighted by Gasteiger charge is -2.31. The monoisotopic (exact) mass is 377 g/mol. The largest absolute Gasteiger partial charge is 0.372 e. The summed E-state index contributed by atoms with van der Waals surface area (Å²) in [6.07, 6.45) is 4.49. The standard InChI is InChI=1S/C24H31N3O/c28-24(22-12-16-26(17-13-22)19-21-6-2-1-3-7-21)25-18-20-8-10-23(11-9-20)27-14-4-5-15-27/h1-3,6-11,22H,4-5,12-19H2,(H,25,28). The van der Waals surface area contributed by atoms with Crippen LogP contribution in [0, 0.1) is 5.92 Å². The van der Waals surface area contributed by atoms with Crippen molar-refractivity contribution in [1.82, 2.24) is 10.2 Å². The maximum atomic E-state index is 12.6. The van der Waals surface area contributed by atoms with Crippen LogP contribution in [0.4, 0.5) is 5.69 Å². The van der Waals surface area contributed by atoms with Crippen LogP contribution in [-0.4, -0.2) is 37.0 Å². The fraction of sp³-hybridized carbons (Fsp3) is 0.458. The molecular formula is C24H31N3O. The number of piperidine rings is 1. The molecule has 2 aliphatic heterocycles. The fourth-order valence-corrected chi connectivity index (χ4v) is 4.33. The molecule has 2 aromatic rings. The van der Waals surface area contributed by atoms with Gasteiger partial charge in [0.25, 0.3) is 0 Å². The molecule has 2 aromatic carbocycles. The maximum absolute atomic E-state index is 12.6. The van der Waals surface area contributed by atoms with Crippen LogP contribution in [0.1, 0.15) is 36.8 Å². The first-order valence-corrected chi connectivity index (χ1v) is 10.7. The zero-order valence-corrected chi connectivity index (χ0v) is 16.6. The SMILES string of the molecule is O=C(NCc1ccc(N2CCCC2)cc1)C1CCN(Cc2ccccc2)CC1. The summed E-state index contributed by atoms with van der Waals surface area (Å²) in [5.74, 6) is 0.360. The van der Waals surface area contributed by atoms with E-state index in [1.807, 2.05) is 0 Å². The van der Waals surface area contributed by atoms with Crippen molar-refractivity contribution in [3.05, 3.63) is 65.7 Å². The van der Waals surface area contributed by atoms with Crippen LogP contribution in [-0.2, 0) is 17.9 Å². The van der Waals surface area contributed by atoms with Gasteiger partial charge in [-0.3, -0.25) is 9.69 Å². The van der Waals surface area contributed by atoms with Gasteiger partial charge in [0, 0.05) is 37.8 Å². The molecule has 0 radical (unpaired) electrons. The second kappa shape index (κ2) is 9.24. The summed E-state index contributed by atoms with van der Waals surface area (Å²) in [4.78, 5) is 17.5. The van der Waals surface area contributed by atoms with Crippen LogP contribution in [0.5, 0.6) is 0 Å². The average molecular weight is 378 g/mol. The average Bonchev–Trinajstić information content (AvgIpc) is 3.29. The summed E-state index contributed by atoms with van der Waals surface area (Å²) in [6.45, 7) is 5.94. The highest BCUT2D eigenvalue weighted by Gasteiger charge is 2.24. The molecule has 0 aliphatic carbocycles. The predicted molar refractivity (Wildman–Crippen MR) is 114 cm³/mol. The fourth-order valence-electron chi connectivity index (χ4n) is 4.33. The van der Waals surface area contributed by atoms with Crippen molar-refractivity contribution in [3.8, 4) is 0 Å². The van der Waals surface area contributed by atoms with Crippen molar-refractivity contribution in [1.29, 1.82) is 0 Å². The molecule has 4 nitrogen and oxygen atoms in total. The van der Waals surface area contributed by atoms with Gasteiger partial charge < -0.3 is 10.2 Å². The molecule has 4 heteroatoms. The third-order valence-corrected chi connectivity index (χ3v) is 6.08. The van der Waals surface area contributed by atoms with Gasteiger partial charge in [-0.1, -0.05) is 42.5 Å². The van der Waals surface area contributed by atoms with Crippen LogP contribution in [0.3, 0.4) is 0 Å². The van der Waals surface area contributed by atoms with E-state index in [0.29, 0.717) is 6.54 Å². The van der Waals surface area contributed by atoms with E-state index in [2.05, 4.69) is 69.7 Å². The van der Waals surface area contributed by atoms with Crippen LogP contribution in [0.15, 0.2) is 54.6 Å². The summed E-state index contributed by atoms with van der Waals surface area (Å²) in [7, 11) is 0. The number of hydrogen-bond donors (Lipinski definition) is 1. The molecule has 0 atom stereocenters. The van der Waals surface area contributed by atoms with Crippen molar-refractivity contribution in [2.24, 2.45) is 5.92 Å². The number of benzene rings is 2. The van der Waals surface area contributed by atoms with Gasteiger partial charge in [-0.15, -0.1) is 0 Å². The number of nitrogens with zero attached hydrogens (tertiary/aromatic N) is 2. The number of nitrogens with one attached hydrogen (secondary N) is 1. The Balaban J connectivity index is 1.20. The van der Waals surface area contributed by atoms with Crippen LogP contribution < -0.4 is 10.2 Å². The zero-order valence-electron chi connectivity index (χ0n) is 16.6. The molecule has 1 amide bonds. The second-order valence-corrected chi connectivity index (χ2v) is 8.11. The van der Waals surface area contributed by atoms with Gasteiger partial charge in [-0.2, -0.15) is 0 Å². The number of carbonyl (C=O) groups is 1. The van der Waals surface area contributed by atoms with Gasteiger partial charge in [-0.05, 0) is 62.0 Å². The van der Waals surface area contributed by atoms with Gasteiger partial charge in [0.2, 0.25) is 5.91 Å². The van der Waals surface area contributed by atoms with Crippen LogP contribution in [0.2, 0.25) is 0 Å². The van der Waals surface area contributed by atoms with E-state index < -0.39 is 0 Å². The van der Waals surface area contributed by atoms with Gasteiger partial charge in [-0.25, -0.2) is 0 Å². The Kier molecular flexibility index (Phi) is 6.27. The summed E-state index contributed by atoms with van der Waals surface area (Å²) < 4.78 is 0. The molecule has 0 spiro atoms. The van der Waals surface area contributed by atoms with Crippen molar-refractivity contribution in [3.63, 3.8) is 0 Å². The smallest absolute Gasteiger partial charge is 0.223 e. The molecule has 2 fully saturated rings. The minimum absolute atomic E-state index is 0.149. The molecule has 148 valence electrons. The normalized spacial score (nSPS) is 18.4. The van der Waals surface area contributed by atoms with E-state index in [-0.39, 0.29) is 11.8 Å². The predicted octanol–water partition coefficient (Wildman–Crippen LogP) is 3.82. The van der Waals surface area contributed by atoms with E-state index >= 15 is 0 Å². The molecule has 1 N–H and O–H groups in total. The number of hydrogen-bond acceptors (Lipinski definition) is 3. The Morgan fingerprint density at radius 3 is 2.21 bits per heavy atom. The third kappa shape index (κ3) is 4.93. The minimum atomic E-state index is 0.149. The molecule has 4 rings (SSSR count). The molecule has 0 saturated carbocycles. The van der Waals surface area contributed by atoms with Crippen LogP contribution >= 0.6 is 0 Å². The Morgan fingerprint density at radius 1 is 0.857 bits per heavy atom. The molecule has 0 bridgehead atoms. The summed E-state index contributed by atoms with van der Waals surface area (Å²) in [6, 6.07) is 19.3. The number of amides is 1. The lowest BCUT2D eigenvalue weighted by atomic mass is 9.95. The number of rotatable bonds is 6. The molecule has 2 saturated heterocycles. The van der Waals surface area contributed by atoms with E-state index in [1.54, 1.807) is 0 Å². The Hall–Kier alpha value is -2.33. The van der Waals surface area contributed by atoms with E-state index in [4.69, 9.17) is 0 Å². The number of carbonyl (C=O) groups excluding carboxylic acids is 1. The highest BCUT2D eigenvalue weighted by molar-refractivity contribution is 5.78. The number of likely N-dealkylation sites (tertiary alicyclic amines) is 1. The minimum Gasteiger partial charge on any atom is -0.372 e. The first kappa shape index (κ1) is 19.0. The Labute approximate surface area is 168 Å². The van der Waals surface area contributed by atoms with E-state index in [0.717, 1.165) is 32.5 Å². The number of anilines is 1. The molecule has 0 unspecified atom stereocenters. The second-order valence-electron chi connectivity index (χ2n) is 8.11. The molecule has 2 heterocycles. The highest BCUT2D eigenvalue weighted by Crippen LogP contribution is 2.21. The van der Waals surface area contributed by atoms with E-state index in [9.17, 15) is 4.79 Å². The van der Waals surface area contributed by atoms with Gasteiger partial charge in [0.05, 0.1) is 0 Å². The van der Waals surface area contributed by atoms with Crippen molar-refractivity contribution in [2.75, 3.05) is 31.1 Å². The molecule has 28 heavy (non-hydrogen) atoms. The summed E-state index contributed by atoms with van der Waals surface area (Å²) in [5.41, 5.74) is 3.83. The molecule has 0 aromatic heterocycles. The van der Waals surface area contributed by atoms with Crippen molar-refractivity contribution >= 4 is 11.6 Å². The summed E-state index contributed by atoms with van der Waals surface area (Å²) >= 11 is 0. The van der Waals surface area contributed by atoms with Crippen LogP contribution in [0.25, 0.3) is 0 Å². The first-order chi connectivity index (χ1) is 13.8. The lowest BCUT2D eigenvalue weighted by molar-refractivity contribution is -0.126. The van der Waals surface area contributed by atoms with Crippen molar-refractivity contribution in [2.45, 2.75) is 38.8 Å².